The molecule has 0 aliphatic heterocycles. The summed E-state index contributed by atoms with van der Waals surface area (Å²) in [5.41, 5.74) is 0. The summed E-state index contributed by atoms with van der Waals surface area (Å²) >= 11 is -1.44. The average molecular weight is 282 g/mol. The van der Waals surface area contributed by atoms with Crippen molar-refractivity contribution in [3.05, 3.63) is 0 Å². The van der Waals surface area contributed by atoms with Gasteiger partial charge in [-0.2, -0.15) is 0 Å². The molecule has 0 aliphatic carbocycles. The SMILES string of the molecule is [In].[O]=[Sn]=[S]. The summed E-state index contributed by atoms with van der Waals surface area (Å²) in [6, 6.07) is 0. The van der Waals surface area contributed by atoms with E-state index in [4.69, 9.17) is 3.08 Å². The van der Waals surface area contributed by atoms with Gasteiger partial charge in [0.15, 0.2) is 0 Å². The molecule has 0 saturated carbocycles. The third-order valence-electron chi connectivity index (χ3n) is 0. The van der Waals surface area contributed by atoms with E-state index in [1.165, 1.54) is 0 Å². The molecule has 0 bridgehead atoms. The van der Waals surface area contributed by atoms with Crippen LogP contribution in [-0.2, 0) is 3.08 Å². The Morgan fingerprint density at radius 3 is 1.75 bits per heavy atom. The topological polar surface area (TPSA) is 17.1 Å². The van der Waals surface area contributed by atoms with Gasteiger partial charge in [0.25, 0.3) is 0 Å². The maximum absolute atomic E-state index is 8.92. The van der Waals surface area contributed by atoms with Crippen LogP contribution in [0.3, 0.4) is 0 Å². The first-order valence-electron chi connectivity index (χ1n) is 0.408. The molecule has 1 nitrogen and oxygen atoms in total. The maximum atomic E-state index is 8.92. The van der Waals surface area contributed by atoms with Crippen molar-refractivity contribution in [1.29, 1.82) is 0 Å². The second-order valence-electron chi connectivity index (χ2n) is 0.0833. The van der Waals surface area contributed by atoms with E-state index in [2.05, 4.69) is 9.29 Å². The van der Waals surface area contributed by atoms with E-state index in [0.29, 0.717) is 0 Å². The van der Waals surface area contributed by atoms with E-state index < -0.39 is 19.2 Å². The molecule has 0 amide bonds. The van der Waals surface area contributed by atoms with E-state index in [1.54, 1.807) is 0 Å². The van der Waals surface area contributed by atoms with Gasteiger partial charge < -0.3 is 0 Å². The molecule has 0 aromatic rings. The number of hydrogen-bond donors (Lipinski definition) is 0. The molecular formula is InOSSn. The van der Waals surface area contributed by atoms with Gasteiger partial charge in [0, 0.05) is 25.8 Å². The van der Waals surface area contributed by atoms with Crippen LogP contribution in [0.4, 0.5) is 0 Å². The summed E-state index contributed by atoms with van der Waals surface area (Å²) in [6.07, 6.45) is 0. The summed E-state index contributed by atoms with van der Waals surface area (Å²) in [4.78, 5) is 0. The van der Waals surface area contributed by atoms with E-state index in [1.807, 2.05) is 0 Å². The van der Waals surface area contributed by atoms with Crippen LogP contribution in [0.25, 0.3) is 0 Å². The van der Waals surface area contributed by atoms with Gasteiger partial charge in [-0.15, -0.1) is 0 Å². The Hall–Kier alpha value is 1.69. The molecule has 0 heterocycles. The normalized spacial score (nSPS) is 2.00. The zero-order valence-electron chi connectivity index (χ0n) is 1.89. The Morgan fingerprint density at radius 2 is 1.75 bits per heavy atom. The van der Waals surface area contributed by atoms with Crippen LogP contribution in [0.1, 0.15) is 0 Å². The minimum absolute atomic E-state index is 0. The molecule has 0 rings (SSSR count). The molecule has 0 fully saturated rings. The van der Waals surface area contributed by atoms with Gasteiger partial charge in [0.1, 0.15) is 0 Å². The van der Waals surface area contributed by atoms with Gasteiger partial charge in [-0.05, 0) is 0 Å². The van der Waals surface area contributed by atoms with Crippen molar-refractivity contribution < 1.29 is 3.08 Å². The van der Waals surface area contributed by atoms with Crippen LogP contribution in [0.5, 0.6) is 0 Å². The van der Waals surface area contributed by atoms with E-state index in [-0.39, 0.29) is 25.8 Å². The van der Waals surface area contributed by atoms with Gasteiger partial charge >= 0.3 is 31.6 Å². The van der Waals surface area contributed by atoms with Crippen molar-refractivity contribution in [3.63, 3.8) is 0 Å². The Morgan fingerprint density at radius 1 is 1.75 bits per heavy atom. The first-order valence-corrected chi connectivity index (χ1v) is 5.48. The quantitative estimate of drug-likeness (QED) is 0.571. The van der Waals surface area contributed by atoms with E-state index in [9.17, 15) is 0 Å². The summed E-state index contributed by atoms with van der Waals surface area (Å²) in [5.74, 6) is 0. The molecule has 4 heavy (non-hydrogen) atoms. The molecule has 0 unspecified atom stereocenters. The minimum atomic E-state index is -1.44. The van der Waals surface area contributed by atoms with E-state index >= 15 is 0 Å². The molecule has 0 aliphatic rings. The van der Waals surface area contributed by atoms with Crippen LogP contribution in [0.2, 0.25) is 0 Å². The summed E-state index contributed by atoms with van der Waals surface area (Å²) in [6.45, 7) is 0. The standard InChI is InChI=1S/In.O.S.Sn. The van der Waals surface area contributed by atoms with Crippen LogP contribution in [0.15, 0.2) is 0 Å². The summed E-state index contributed by atoms with van der Waals surface area (Å²) < 4.78 is 8.92. The second kappa shape index (κ2) is 8.83. The summed E-state index contributed by atoms with van der Waals surface area (Å²) in [5, 5.41) is 0. The van der Waals surface area contributed by atoms with Crippen molar-refractivity contribution in [1.82, 2.24) is 0 Å². The van der Waals surface area contributed by atoms with Crippen molar-refractivity contribution in [3.8, 4) is 0 Å². The Bertz CT molecular complexity index is 29.0. The predicted molar refractivity (Wildman–Crippen MR) is 19.8 cm³/mol. The Labute approximate surface area is 56.7 Å². The monoisotopic (exact) mass is 283 g/mol. The fourth-order valence-corrected chi connectivity index (χ4v) is 0. The first-order chi connectivity index (χ1) is 1.41. The fourth-order valence-electron chi connectivity index (χ4n) is 0. The molecule has 0 atom stereocenters. The molecular weight excluding hydrogens is 282 g/mol. The molecule has 0 spiro atoms. The average Bonchev–Trinajstić information content (AvgIpc) is 0.918. The predicted octanol–water partition coefficient (Wildman–Crippen LogP) is -0.232. The van der Waals surface area contributed by atoms with Crippen LogP contribution in [0, 0.1) is 0 Å². The van der Waals surface area contributed by atoms with Gasteiger partial charge in [-0.1, -0.05) is 0 Å². The second-order valence-corrected chi connectivity index (χ2v) is 1.68. The van der Waals surface area contributed by atoms with E-state index in [0.717, 1.165) is 0 Å². The molecule has 0 aromatic carbocycles. The molecule has 0 aromatic heterocycles. The molecule has 4 heteroatoms. The summed E-state index contributed by atoms with van der Waals surface area (Å²) in [7, 11) is 4.01. The number of hydrogen-bond acceptors (Lipinski definition) is 2. The number of rotatable bonds is 0. The zero-order chi connectivity index (χ0) is 2.71. The van der Waals surface area contributed by atoms with Crippen molar-refractivity contribution in [2.45, 2.75) is 0 Å². The molecule has 0 saturated heterocycles. The fraction of sp³-hybridized carbons (Fsp3) is 0. The van der Waals surface area contributed by atoms with Gasteiger partial charge in [0.2, 0.25) is 0 Å². The molecule has 0 N–H and O–H groups in total. The van der Waals surface area contributed by atoms with Crippen molar-refractivity contribution in [2.24, 2.45) is 0 Å². The first kappa shape index (κ1) is 9.19. The Kier molecular flexibility index (Phi) is 20.3. The zero-order valence-corrected chi connectivity index (χ0v) is 8.86. The van der Waals surface area contributed by atoms with Gasteiger partial charge in [0.05, 0.1) is 0 Å². The van der Waals surface area contributed by atoms with Crippen LogP contribution < -0.4 is 0 Å². The Balaban J connectivity index is 0. The third kappa shape index (κ3) is 9.35. The third-order valence-corrected chi connectivity index (χ3v) is 0. The van der Waals surface area contributed by atoms with Gasteiger partial charge in [-0.25, -0.2) is 0 Å². The molecule has 3 radical (unpaired) electrons. The van der Waals surface area contributed by atoms with Crippen LogP contribution >= 0.6 is 9.29 Å². The van der Waals surface area contributed by atoms with Crippen molar-refractivity contribution in [2.75, 3.05) is 0 Å². The van der Waals surface area contributed by atoms with Crippen molar-refractivity contribution >= 4 is 54.3 Å². The molecule has 19 valence electrons. The van der Waals surface area contributed by atoms with Crippen LogP contribution in [-0.4, -0.2) is 45.0 Å². The van der Waals surface area contributed by atoms with Gasteiger partial charge in [-0.3, -0.25) is 0 Å².